The first-order valence-corrected chi connectivity index (χ1v) is 8.37. The summed E-state index contributed by atoms with van der Waals surface area (Å²) in [5.41, 5.74) is 1.80. The fraction of sp³-hybridized carbons (Fsp3) is 0.294. The SMILES string of the molecule is CCNC(C)c1cccc(SCc2c(F)cccc2Cl)c1. The van der Waals surface area contributed by atoms with Crippen molar-refractivity contribution in [3.8, 4) is 0 Å². The lowest BCUT2D eigenvalue weighted by atomic mass is 10.1. The number of halogens is 2. The second-order valence-corrected chi connectivity index (χ2v) is 6.30. The number of benzene rings is 2. The Morgan fingerprint density at radius 3 is 2.71 bits per heavy atom. The van der Waals surface area contributed by atoms with Crippen molar-refractivity contribution in [1.82, 2.24) is 5.32 Å². The van der Waals surface area contributed by atoms with E-state index < -0.39 is 0 Å². The predicted octanol–water partition coefficient (Wildman–Crippen LogP) is 5.44. The zero-order valence-corrected chi connectivity index (χ0v) is 13.8. The Labute approximate surface area is 134 Å². The molecule has 0 heterocycles. The summed E-state index contributed by atoms with van der Waals surface area (Å²) in [6.07, 6.45) is 0. The molecule has 1 atom stereocenters. The zero-order chi connectivity index (χ0) is 15.2. The van der Waals surface area contributed by atoms with Crippen LogP contribution in [0.15, 0.2) is 47.4 Å². The van der Waals surface area contributed by atoms with E-state index in [1.165, 1.54) is 11.6 Å². The van der Waals surface area contributed by atoms with Gasteiger partial charge >= 0.3 is 0 Å². The second kappa shape index (κ2) is 7.83. The van der Waals surface area contributed by atoms with Gasteiger partial charge in [0.1, 0.15) is 5.82 Å². The van der Waals surface area contributed by atoms with Gasteiger partial charge in [-0.05, 0) is 43.3 Å². The number of hydrogen-bond donors (Lipinski definition) is 1. The molecule has 1 nitrogen and oxygen atoms in total. The lowest BCUT2D eigenvalue weighted by Crippen LogP contribution is -2.17. The van der Waals surface area contributed by atoms with E-state index in [9.17, 15) is 4.39 Å². The minimum atomic E-state index is -0.243. The van der Waals surface area contributed by atoms with Crippen molar-refractivity contribution in [2.45, 2.75) is 30.5 Å². The Bertz CT molecular complexity index is 583. The van der Waals surface area contributed by atoms with Gasteiger partial charge in [-0.3, -0.25) is 0 Å². The van der Waals surface area contributed by atoms with Gasteiger partial charge in [0.05, 0.1) is 0 Å². The van der Waals surface area contributed by atoms with E-state index in [0.29, 0.717) is 22.4 Å². The van der Waals surface area contributed by atoms with Crippen LogP contribution in [-0.2, 0) is 5.75 Å². The number of thioether (sulfide) groups is 1. The van der Waals surface area contributed by atoms with E-state index in [0.717, 1.165) is 11.4 Å². The fourth-order valence-corrected chi connectivity index (χ4v) is 3.43. The van der Waals surface area contributed by atoms with Gasteiger partial charge < -0.3 is 5.32 Å². The van der Waals surface area contributed by atoms with Crippen LogP contribution in [-0.4, -0.2) is 6.54 Å². The molecular weight excluding hydrogens is 305 g/mol. The molecule has 2 rings (SSSR count). The maximum atomic E-state index is 13.8. The molecule has 0 aliphatic carbocycles. The highest BCUT2D eigenvalue weighted by molar-refractivity contribution is 7.98. The number of nitrogens with one attached hydrogen (secondary N) is 1. The Morgan fingerprint density at radius 2 is 2.00 bits per heavy atom. The molecule has 0 fully saturated rings. The van der Waals surface area contributed by atoms with Gasteiger partial charge in [0.2, 0.25) is 0 Å². The normalized spacial score (nSPS) is 12.4. The van der Waals surface area contributed by atoms with E-state index in [-0.39, 0.29) is 5.82 Å². The Balaban J connectivity index is 2.08. The lowest BCUT2D eigenvalue weighted by Gasteiger charge is -2.14. The molecule has 0 aromatic heterocycles. The van der Waals surface area contributed by atoms with Crippen molar-refractivity contribution in [2.24, 2.45) is 0 Å². The van der Waals surface area contributed by atoms with Crippen LogP contribution >= 0.6 is 23.4 Å². The van der Waals surface area contributed by atoms with Crippen LogP contribution in [0.4, 0.5) is 4.39 Å². The minimum Gasteiger partial charge on any atom is -0.310 e. The number of hydrogen-bond acceptors (Lipinski definition) is 2. The molecule has 112 valence electrons. The van der Waals surface area contributed by atoms with Gasteiger partial charge in [-0.2, -0.15) is 0 Å². The van der Waals surface area contributed by atoms with Gasteiger partial charge in [-0.1, -0.05) is 36.7 Å². The Hall–Kier alpha value is -1.03. The zero-order valence-electron chi connectivity index (χ0n) is 12.2. The van der Waals surface area contributed by atoms with Gasteiger partial charge in [0, 0.05) is 27.3 Å². The van der Waals surface area contributed by atoms with Crippen LogP contribution in [0.25, 0.3) is 0 Å². The van der Waals surface area contributed by atoms with Crippen molar-refractivity contribution >= 4 is 23.4 Å². The standard InChI is InChI=1S/C17H19ClFNS/c1-3-20-12(2)13-6-4-7-14(10-13)21-11-15-16(18)8-5-9-17(15)19/h4-10,12,20H,3,11H2,1-2H3. The van der Waals surface area contributed by atoms with Crippen LogP contribution in [0.1, 0.15) is 31.0 Å². The quantitative estimate of drug-likeness (QED) is 0.710. The van der Waals surface area contributed by atoms with Gasteiger partial charge in [0.15, 0.2) is 0 Å². The summed E-state index contributed by atoms with van der Waals surface area (Å²) in [7, 11) is 0. The maximum Gasteiger partial charge on any atom is 0.128 e. The summed E-state index contributed by atoms with van der Waals surface area (Å²) in [6.45, 7) is 5.17. The average molecular weight is 324 g/mol. The van der Waals surface area contributed by atoms with Crippen molar-refractivity contribution in [3.05, 3.63) is 64.4 Å². The Kier molecular flexibility index (Phi) is 6.09. The topological polar surface area (TPSA) is 12.0 Å². The highest BCUT2D eigenvalue weighted by Crippen LogP contribution is 2.29. The molecule has 1 unspecified atom stereocenters. The molecule has 0 saturated carbocycles. The van der Waals surface area contributed by atoms with Crippen LogP contribution in [0.5, 0.6) is 0 Å². The molecule has 1 N–H and O–H groups in total. The molecule has 0 bridgehead atoms. The fourth-order valence-electron chi connectivity index (χ4n) is 2.12. The summed E-state index contributed by atoms with van der Waals surface area (Å²) in [5, 5.41) is 3.88. The summed E-state index contributed by atoms with van der Waals surface area (Å²) in [4.78, 5) is 1.12. The molecule has 4 heteroatoms. The third-order valence-electron chi connectivity index (χ3n) is 3.31. The third-order valence-corrected chi connectivity index (χ3v) is 4.69. The minimum absolute atomic E-state index is 0.243. The van der Waals surface area contributed by atoms with E-state index in [1.807, 2.05) is 12.1 Å². The van der Waals surface area contributed by atoms with E-state index in [2.05, 4.69) is 31.3 Å². The van der Waals surface area contributed by atoms with E-state index >= 15 is 0 Å². The Morgan fingerprint density at radius 1 is 1.24 bits per heavy atom. The largest absolute Gasteiger partial charge is 0.310 e. The molecule has 0 aliphatic rings. The molecule has 0 spiro atoms. The molecule has 0 saturated heterocycles. The smallest absolute Gasteiger partial charge is 0.128 e. The van der Waals surface area contributed by atoms with E-state index in [1.54, 1.807) is 23.9 Å². The van der Waals surface area contributed by atoms with Crippen molar-refractivity contribution in [3.63, 3.8) is 0 Å². The molecule has 2 aromatic carbocycles. The first-order chi connectivity index (χ1) is 10.1. The van der Waals surface area contributed by atoms with Crippen molar-refractivity contribution in [2.75, 3.05) is 6.54 Å². The van der Waals surface area contributed by atoms with Gasteiger partial charge in [-0.15, -0.1) is 11.8 Å². The van der Waals surface area contributed by atoms with Crippen LogP contribution in [0.2, 0.25) is 5.02 Å². The highest BCUT2D eigenvalue weighted by Gasteiger charge is 2.09. The van der Waals surface area contributed by atoms with Crippen molar-refractivity contribution < 1.29 is 4.39 Å². The maximum absolute atomic E-state index is 13.8. The van der Waals surface area contributed by atoms with Gasteiger partial charge in [0.25, 0.3) is 0 Å². The molecule has 0 amide bonds. The summed E-state index contributed by atoms with van der Waals surface area (Å²) in [6, 6.07) is 13.4. The molecule has 0 radical (unpaired) electrons. The van der Waals surface area contributed by atoms with Crippen molar-refractivity contribution in [1.29, 1.82) is 0 Å². The monoisotopic (exact) mass is 323 g/mol. The molecule has 0 aliphatic heterocycles. The highest BCUT2D eigenvalue weighted by atomic mass is 35.5. The number of rotatable bonds is 6. The second-order valence-electron chi connectivity index (χ2n) is 4.84. The molecular formula is C17H19ClFNS. The van der Waals surface area contributed by atoms with E-state index in [4.69, 9.17) is 11.6 Å². The van der Waals surface area contributed by atoms with Gasteiger partial charge in [-0.25, -0.2) is 4.39 Å². The summed E-state index contributed by atoms with van der Waals surface area (Å²) in [5.74, 6) is 0.289. The predicted molar refractivity (Wildman–Crippen MR) is 89.5 cm³/mol. The molecule has 21 heavy (non-hydrogen) atoms. The lowest BCUT2D eigenvalue weighted by molar-refractivity contribution is 0.597. The third kappa shape index (κ3) is 4.47. The molecule has 2 aromatic rings. The van der Waals surface area contributed by atoms with Crippen LogP contribution in [0.3, 0.4) is 0 Å². The first-order valence-electron chi connectivity index (χ1n) is 7.01. The van der Waals surface area contributed by atoms with Crippen LogP contribution in [0, 0.1) is 5.82 Å². The average Bonchev–Trinajstić information content (AvgIpc) is 2.47. The summed E-state index contributed by atoms with van der Waals surface area (Å²) >= 11 is 7.65. The first kappa shape index (κ1) is 16.3. The summed E-state index contributed by atoms with van der Waals surface area (Å²) < 4.78 is 13.8. The van der Waals surface area contributed by atoms with Crippen LogP contribution < -0.4 is 5.32 Å².